The summed E-state index contributed by atoms with van der Waals surface area (Å²) in [4.78, 5) is 0. The summed E-state index contributed by atoms with van der Waals surface area (Å²) in [5.41, 5.74) is 0.495. The van der Waals surface area contributed by atoms with E-state index in [1.165, 1.54) is 0 Å². The molecule has 4 nitrogen and oxygen atoms in total. The van der Waals surface area contributed by atoms with E-state index in [-0.39, 0.29) is 0 Å². The molecule has 8 rings (SSSR count). The van der Waals surface area contributed by atoms with Crippen LogP contribution in [-0.4, -0.2) is 35.0 Å². The van der Waals surface area contributed by atoms with Crippen molar-refractivity contribution >= 4 is 106 Å². The van der Waals surface area contributed by atoms with Crippen LogP contribution in [0, 0.1) is 0 Å². The lowest BCUT2D eigenvalue weighted by Gasteiger charge is -2.50. The number of hydrogen-bond acceptors (Lipinski definition) is 4. The van der Waals surface area contributed by atoms with Crippen molar-refractivity contribution in [3.8, 4) is 0 Å². The summed E-state index contributed by atoms with van der Waals surface area (Å²) in [5, 5.41) is 6.18. The van der Waals surface area contributed by atoms with Gasteiger partial charge in [0.1, 0.15) is 0 Å². The Morgan fingerprint density at radius 1 is 0.333 bits per heavy atom. The fraction of sp³-hybridized carbons (Fsp3) is 0.0233. The van der Waals surface area contributed by atoms with Gasteiger partial charge >= 0.3 is 35.0 Å². The maximum atomic E-state index is 8.21. The predicted octanol–water partition coefficient (Wildman–Crippen LogP) is 5.79. The van der Waals surface area contributed by atoms with Crippen LogP contribution in [0.4, 0.5) is 0 Å². The van der Waals surface area contributed by atoms with Crippen LogP contribution in [0.25, 0.3) is 0 Å². The second-order valence-electron chi connectivity index (χ2n) is 12.9. The van der Waals surface area contributed by atoms with Gasteiger partial charge in [-0.1, -0.05) is 241 Å². The van der Waals surface area contributed by atoms with Gasteiger partial charge in [0.15, 0.2) is 0 Å². The topological polar surface area (TPSA) is 36.9 Å². The van der Waals surface area contributed by atoms with Crippen molar-refractivity contribution < 1.29 is 16.5 Å². The van der Waals surface area contributed by atoms with Gasteiger partial charge in [0.25, 0.3) is 0 Å². The molecule has 1 aliphatic rings. The van der Waals surface area contributed by atoms with Crippen molar-refractivity contribution in [1.29, 1.82) is 0 Å². The molecule has 0 aliphatic carbocycles. The summed E-state index contributed by atoms with van der Waals surface area (Å²) in [6.45, 7) is 0. The van der Waals surface area contributed by atoms with Crippen LogP contribution in [-0.2, 0) is 20.3 Å². The monoisotopic (exact) mass is 832 g/mol. The molecule has 7 aromatic carbocycles. The van der Waals surface area contributed by atoms with E-state index in [0.29, 0.717) is 10.8 Å². The van der Waals surface area contributed by atoms with Crippen LogP contribution in [0.1, 0.15) is 5.56 Å². The van der Waals surface area contributed by atoms with E-state index in [0.717, 1.165) is 31.1 Å². The average molecular weight is 834 g/mol. The molecule has 1 heterocycles. The lowest BCUT2D eigenvalue weighted by molar-refractivity contribution is 0.278. The highest BCUT2D eigenvalue weighted by molar-refractivity contribution is 7.12. The largest absolute Gasteiger partial charge is 0.408 e. The van der Waals surface area contributed by atoms with Gasteiger partial charge in [-0.15, -0.1) is 0 Å². The first-order valence-electron chi connectivity index (χ1n) is 17.6. The highest BCUT2D eigenvalue weighted by Gasteiger charge is 2.63. The van der Waals surface area contributed by atoms with Gasteiger partial charge in [-0.3, -0.25) is 0 Å². The SMILES string of the molecule is ClC(Cl)(Cl)c1ccccc1[SiH]1O[Si](c2ccccc2)(c2ccccc2)O[Si](c2ccccc2)(c2ccccc2)O[Si](c2ccccc2)(c2ccccc2)O1. The molecule has 54 heavy (non-hydrogen) atoms. The Hall–Kier alpha value is -3.88. The lowest BCUT2D eigenvalue weighted by Crippen LogP contribution is -2.84. The molecule has 11 heteroatoms. The molecule has 0 saturated carbocycles. The van der Waals surface area contributed by atoms with Gasteiger partial charge in [0, 0.05) is 5.56 Å². The minimum absolute atomic E-state index is 0.495. The molecule has 0 spiro atoms. The van der Waals surface area contributed by atoms with Gasteiger partial charge in [-0.25, -0.2) is 0 Å². The molecule has 0 N–H and O–H groups in total. The van der Waals surface area contributed by atoms with Crippen LogP contribution in [0.3, 0.4) is 0 Å². The molecule has 1 saturated heterocycles. The Balaban J connectivity index is 1.54. The normalized spacial score (nSPS) is 16.9. The fourth-order valence-corrected chi connectivity index (χ4v) is 28.5. The van der Waals surface area contributed by atoms with Crippen molar-refractivity contribution in [2.75, 3.05) is 0 Å². The smallest absolute Gasteiger partial charge is 0.390 e. The van der Waals surface area contributed by atoms with E-state index in [1.54, 1.807) is 0 Å². The van der Waals surface area contributed by atoms with E-state index in [4.69, 9.17) is 51.3 Å². The van der Waals surface area contributed by atoms with Crippen LogP contribution in [0.5, 0.6) is 0 Å². The molecule has 0 aromatic heterocycles. The quantitative estimate of drug-likeness (QED) is 0.151. The summed E-state index contributed by atoms with van der Waals surface area (Å²) in [7, 11) is -14.8. The molecule has 0 unspecified atom stereocenters. The zero-order valence-electron chi connectivity index (χ0n) is 29.0. The Morgan fingerprint density at radius 3 is 0.889 bits per heavy atom. The third-order valence-corrected chi connectivity index (χ3v) is 26.7. The van der Waals surface area contributed by atoms with E-state index < -0.39 is 38.8 Å². The number of rotatable bonds is 7. The van der Waals surface area contributed by atoms with Crippen LogP contribution >= 0.6 is 34.8 Å². The van der Waals surface area contributed by atoms with Crippen molar-refractivity contribution in [2.45, 2.75) is 3.79 Å². The van der Waals surface area contributed by atoms with Gasteiger partial charge in [0.2, 0.25) is 3.79 Å². The minimum atomic E-state index is -3.88. The number of alkyl halides is 3. The second kappa shape index (κ2) is 15.7. The average Bonchev–Trinajstić information content (AvgIpc) is 3.23. The van der Waals surface area contributed by atoms with Crippen LogP contribution in [0.15, 0.2) is 206 Å². The number of hydrogen-bond donors (Lipinski definition) is 0. The lowest BCUT2D eigenvalue weighted by atomic mass is 10.2. The van der Waals surface area contributed by atoms with Crippen LogP contribution < -0.4 is 36.3 Å². The van der Waals surface area contributed by atoms with E-state index in [2.05, 4.69) is 72.8 Å². The third-order valence-electron chi connectivity index (χ3n) is 9.56. The Bertz CT molecular complexity index is 2070. The highest BCUT2D eigenvalue weighted by atomic mass is 35.6. The van der Waals surface area contributed by atoms with Crippen molar-refractivity contribution in [3.05, 3.63) is 212 Å². The third kappa shape index (κ3) is 7.05. The molecular formula is C43H35Cl3O4Si4. The molecule has 7 aromatic rings. The highest BCUT2D eigenvalue weighted by Crippen LogP contribution is 2.38. The van der Waals surface area contributed by atoms with E-state index in [9.17, 15) is 0 Å². The van der Waals surface area contributed by atoms with Gasteiger partial charge in [-0.2, -0.15) is 0 Å². The minimum Gasteiger partial charge on any atom is -0.408 e. The Labute approximate surface area is 336 Å². The molecule has 268 valence electrons. The van der Waals surface area contributed by atoms with Gasteiger partial charge < -0.3 is 16.5 Å². The number of halogens is 3. The van der Waals surface area contributed by atoms with Crippen molar-refractivity contribution in [2.24, 2.45) is 0 Å². The van der Waals surface area contributed by atoms with Crippen molar-refractivity contribution in [3.63, 3.8) is 0 Å². The van der Waals surface area contributed by atoms with E-state index in [1.807, 2.05) is 133 Å². The first-order valence-corrected chi connectivity index (χ1v) is 25.7. The first kappa shape index (κ1) is 37.1. The summed E-state index contributed by atoms with van der Waals surface area (Å²) in [6, 6.07) is 69.1. The zero-order chi connectivity index (χ0) is 37.1. The standard InChI is InChI=1S/C43H35Cl3O4Si4/c44-43(45,46)41-33-19-20-34-42(41)51-47-52(35-21-7-1-8-22-35,36-23-9-2-10-24-36)49-54(39-29-15-5-16-30-39,40-31-17-6-18-32-40)50-53(48-51,37-25-11-3-12-26-37)38-27-13-4-14-28-38/h1-34,51H. The first-order chi connectivity index (χ1) is 26.3. The summed E-state index contributed by atoms with van der Waals surface area (Å²) >= 11 is 20.3. The molecule has 0 atom stereocenters. The Kier molecular flexibility index (Phi) is 10.8. The summed E-state index contributed by atoms with van der Waals surface area (Å²) < 4.78 is 30.5. The summed E-state index contributed by atoms with van der Waals surface area (Å²) in [6.07, 6.45) is 0. The summed E-state index contributed by atoms with van der Waals surface area (Å²) in [5.74, 6) is 0. The Morgan fingerprint density at radius 2 is 0.593 bits per heavy atom. The van der Waals surface area contributed by atoms with Crippen molar-refractivity contribution in [1.82, 2.24) is 0 Å². The predicted molar refractivity (Wildman–Crippen MR) is 231 cm³/mol. The second-order valence-corrected chi connectivity index (χ2v) is 27.2. The zero-order valence-corrected chi connectivity index (χ0v) is 35.4. The van der Waals surface area contributed by atoms with Gasteiger partial charge in [-0.05, 0) is 36.3 Å². The molecule has 0 radical (unpaired) electrons. The van der Waals surface area contributed by atoms with Crippen LogP contribution in [0.2, 0.25) is 0 Å². The molecular weight excluding hydrogens is 799 g/mol. The maximum Gasteiger partial charge on any atom is 0.390 e. The molecule has 1 fully saturated rings. The van der Waals surface area contributed by atoms with E-state index >= 15 is 0 Å². The maximum absolute atomic E-state index is 8.21. The molecule has 0 bridgehead atoms. The molecule has 0 amide bonds. The fourth-order valence-electron chi connectivity index (χ4n) is 7.08. The molecule has 1 aliphatic heterocycles. The van der Waals surface area contributed by atoms with Gasteiger partial charge in [0.05, 0.1) is 0 Å². The number of benzene rings is 7.